The summed E-state index contributed by atoms with van der Waals surface area (Å²) < 4.78 is 0. The summed E-state index contributed by atoms with van der Waals surface area (Å²) in [5.74, 6) is 0.542. The van der Waals surface area contributed by atoms with E-state index in [1.165, 1.54) is 36.2 Å². The normalized spacial score (nSPS) is 28.9. The zero-order valence-electron chi connectivity index (χ0n) is 9.51. The van der Waals surface area contributed by atoms with Gasteiger partial charge in [-0.2, -0.15) is 5.10 Å². The molecule has 3 nitrogen and oxygen atoms in total. The van der Waals surface area contributed by atoms with Gasteiger partial charge in [0.2, 0.25) is 0 Å². The van der Waals surface area contributed by atoms with E-state index in [1.54, 1.807) is 0 Å². The molecule has 1 aromatic rings. The van der Waals surface area contributed by atoms with Gasteiger partial charge in [-0.3, -0.25) is 5.10 Å². The maximum atomic E-state index is 6.18. The monoisotopic (exact) mass is 205 g/mol. The van der Waals surface area contributed by atoms with Crippen molar-refractivity contribution in [3.8, 4) is 0 Å². The first-order valence-electron chi connectivity index (χ1n) is 5.93. The van der Waals surface area contributed by atoms with Crippen LogP contribution in [0.4, 0.5) is 0 Å². The summed E-state index contributed by atoms with van der Waals surface area (Å²) in [5, 5.41) is 7.53. The van der Waals surface area contributed by atoms with Gasteiger partial charge in [-0.05, 0) is 44.9 Å². The Labute approximate surface area is 90.4 Å². The minimum atomic E-state index is 0.253. The molecule has 1 heterocycles. The number of fused-ring (bicyclic) bond motifs is 1. The zero-order chi connectivity index (χ0) is 10.6. The van der Waals surface area contributed by atoms with Gasteiger partial charge in [-0.25, -0.2) is 0 Å². The summed E-state index contributed by atoms with van der Waals surface area (Å²) >= 11 is 0. The van der Waals surface area contributed by atoms with Gasteiger partial charge in [0.05, 0.1) is 5.69 Å². The predicted molar refractivity (Wildman–Crippen MR) is 59.7 cm³/mol. The fraction of sp³-hybridized carbons (Fsp3) is 0.750. The minimum Gasteiger partial charge on any atom is -0.327 e. The zero-order valence-corrected chi connectivity index (χ0v) is 9.51. The number of H-pyrrole nitrogens is 1. The molecule has 0 amide bonds. The first-order valence-corrected chi connectivity index (χ1v) is 5.93. The lowest BCUT2D eigenvalue weighted by Crippen LogP contribution is -2.35. The Bertz CT molecular complexity index is 388. The van der Waals surface area contributed by atoms with Crippen LogP contribution in [0.3, 0.4) is 0 Å². The van der Waals surface area contributed by atoms with Gasteiger partial charge in [0.15, 0.2) is 0 Å². The Hall–Kier alpha value is -0.830. The maximum absolute atomic E-state index is 6.18. The van der Waals surface area contributed by atoms with Gasteiger partial charge in [-0.1, -0.05) is 0 Å². The van der Waals surface area contributed by atoms with Gasteiger partial charge >= 0.3 is 0 Å². The molecule has 15 heavy (non-hydrogen) atoms. The molecule has 2 aliphatic rings. The minimum absolute atomic E-state index is 0.253. The number of hydrogen-bond donors (Lipinski definition) is 2. The highest BCUT2D eigenvalue weighted by Gasteiger charge is 2.54. The molecule has 0 saturated heterocycles. The van der Waals surface area contributed by atoms with Crippen LogP contribution in [0.15, 0.2) is 0 Å². The largest absolute Gasteiger partial charge is 0.327 e. The first kappa shape index (κ1) is 9.40. The molecule has 3 heteroatoms. The summed E-state index contributed by atoms with van der Waals surface area (Å²) in [6.45, 7) is 4.27. The number of aromatic amines is 1. The molecule has 2 atom stereocenters. The molecular formula is C12H19N3. The second kappa shape index (κ2) is 2.85. The van der Waals surface area contributed by atoms with Crippen LogP contribution in [0.2, 0.25) is 0 Å². The van der Waals surface area contributed by atoms with E-state index in [9.17, 15) is 0 Å². The lowest BCUT2D eigenvalue weighted by atomic mass is 9.71. The van der Waals surface area contributed by atoms with Crippen LogP contribution in [-0.2, 0) is 6.42 Å². The first-order chi connectivity index (χ1) is 7.14. The van der Waals surface area contributed by atoms with Crippen molar-refractivity contribution in [3.63, 3.8) is 0 Å². The lowest BCUT2D eigenvalue weighted by molar-refractivity contribution is 0.310. The van der Waals surface area contributed by atoms with E-state index in [-0.39, 0.29) is 6.04 Å². The van der Waals surface area contributed by atoms with Crippen LogP contribution < -0.4 is 5.73 Å². The molecule has 3 N–H and O–H groups in total. The number of nitrogens with two attached hydrogens (primary N) is 1. The summed E-state index contributed by atoms with van der Waals surface area (Å²) in [6.07, 6.45) is 5.16. The van der Waals surface area contributed by atoms with Crippen molar-refractivity contribution in [1.29, 1.82) is 0 Å². The molecule has 2 aliphatic carbocycles. The molecule has 1 saturated carbocycles. The van der Waals surface area contributed by atoms with Crippen molar-refractivity contribution < 1.29 is 0 Å². The van der Waals surface area contributed by atoms with Crippen LogP contribution in [0, 0.1) is 12.3 Å². The molecule has 0 radical (unpaired) electrons. The molecule has 82 valence electrons. The van der Waals surface area contributed by atoms with Gasteiger partial charge < -0.3 is 5.73 Å². The smallest absolute Gasteiger partial charge is 0.0660 e. The van der Waals surface area contributed by atoms with Crippen LogP contribution in [-0.4, -0.2) is 16.2 Å². The lowest BCUT2D eigenvalue weighted by Gasteiger charge is -2.34. The summed E-state index contributed by atoms with van der Waals surface area (Å²) in [6, 6.07) is 0.253. The SMILES string of the molecule is Cc1[nH]nc2c1C(C(C)N)C1(CC2)CC1. The van der Waals surface area contributed by atoms with Crippen molar-refractivity contribution in [3.05, 3.63) is 17.0 Å². The average Bonchev–Trinajstić information content (AvgIpc) is 2.85. The van der Waals surface area contributed by atoms with E-state index in [0.717, 1.165) is 6.42 Å². The standard InChI is InChI=1S/C12H19N3/c1-7(13)11-10-8(2)14-15-9(10)3-4-12(11)5-6-12/h7,11H,3-6,13H2,1-2H3,(H,14,15). The van der Waals surface area contributed by atoms with E-state index in [1.807, 2.05) is 0 Å². The molecule has 2 unspecified atom stereocenters. The van der Waals surface area contributed by atoms with Crippen LogP contribution in [0.5, 0.6) is 0 Å². The maximum Gasteiger partial charge on any atom is 0.0660 e. The quantitative estimate of drug-likeness (QED) is 0.735. The van der Waals surface area contributed by atoms with Crippen LogP contribution >= 0.6 is 0 Å². The number of nitrogens with one attached hydrogen (secondary N) is 1. The van der Waals surface area contributed by atoms with Gasteiger partial charge in [0, 0.05) is 23.2 Å². The van der Waals surface area contributed by atoms with E-state index < -0.39 is 0 Å². The van der Waals surface area contributed by atoms with Crippen molar-refractivity contribution in [2.45, 2.75) is 51.5 Å². The molecule has 0 bridgehead atoms. The van der Waals surface area contributed by atoms with E-state index in [0.29, 0.717) is 11.3 Å². The van der Waals surface area contributed by atoms with Crippen molar-refractivity contribution in [2.24, 2.45) is 11.1 Å². The van der Waals surface area contributed by atoms with Gasteiger partial charge in [0.25, 0.3) is 0 Å². The second-order valence-electron chi connectivity index (χ2n) is 5.41. The van der Waals surface area contributed by atoms with Gasteiger partial charge in [0.1, 0.15) is 0 Å². The average molecular weight is 205 g/mol. The number of nitrogens with zero attached hydrogens (tertiary/aromatic N) is 1. The third kappa shape index (κ3) is 1.19. The number of aromatic nitrogens is 2. The highest BCUT2D eigenvalue weighted by atomic mass is 15.1. The van der Waals surface area contributed by atoms with Crippen molar-refractivity contribution in [2.75, 3.05) is 0 Å². The van der Waals surface area contributed by atoms with Gasteiger partial charge in [-0.15, -0.1) is 0 Å². The Kier molecular flexibility index (Phi) is 1.78. The summed E-state index contributed by atoms with van der Waals surface area (Å²) in [5.41, 5.74) is 10.7. The Balaban J connectivity index is 2.10. The fourth-order valence-corrected chi connectivity index (χ4v) is 3.46. The third-order valence-electron chi connectivity index (χ3n) is 4.32. The fourth-order valence-electron chi connectivity index (χ4n) is 3.46. The molecule has 0 aromatic carbocycles. The second-order valence-corrected chi connectivity index (χ2v) is 5.41. The Morgan fingerprint density at radius 1 is 1.47 bits per heavy atom. The number of rotatable bonds is 1. The molecule has 1 spiro atoms. The Morgan fingerprint density at radius 2 is 2.20 bits per heavy atom. The molecule has 0 aliphatic heterocycles. The van der Waals surface area contributed by atoms with Crippen molar-refractivity contribution >= 4 is 0 Å². The highest BCUT2D eigenvalue weighted by molar-refractivity contribution is 5.37. The van der Waals surface area contributed by atoms with E-state index >= 15 is 0 Å². The van der Waals surface area contributed by atoms with E-state index in [4.69, 9.17) is 5.73 Å². The topological polar surface area (TPSA) is 54.7 Å². The summed E-state index contributed by atoms with van der Waals surface area (Å²) in [7, 11) is 0. The molecule has 1 fully saturated rings. The predicted octanol–water partition coefficient (Wildman–Crippen LogP) is 1.88. The van der Waals surface area contributed by atoms with Crippen LogP contribution in [0.25, 0.3) is 0 Å². The number of aryl methyl sites for hydroxylation is 2. The third-order valence-corrected chi connectivity index (χ3v) is 4.32. The number of hydrogen-bond acceptors (Lipinski definition) is 2. The summed E-state index contributed by atoms with van der Waals surface area (Å²) in [4.78, 5) is 0. The molecular weight excluding hydrogens is 186 g/mol. The molecule has 3 rings (SSSR count). The highest BCUT2D eigenvalue weighted by Crippen LogP contribution is 2.62. The van der Waals surface area contributed by atoms with Crippen LogP contribution in [0.1, 0.15) is 49.1 Å². The molecule has 1 aromatic heterocycles. The van der Waals surface area contributed by atoms with Crippen molar-refractivity contribution in [1.82, 2.24) is 10.2 Å². The van der Waals surface area contributed by atoms with E-state index in [2.05, 4.69) is 24.0 Å². The Morgan fingerprint density at radius 3 is 2.80 bits per heavy atom.